The molecular weight excluding hydrogens is 200 g/mol. The lowest BCUT2D eigenvalue weighted by molar-refractivity contribution is -0.181. The zero-order valence-electron chi connectivity index (χ0n) is 8.83. The summed E-state index contributed by atoms with van der Waals surface area (Å²) in [6.07, 6.45) is -0.992. The van der Waals surface area contributed by atoms with Crippen LogP contribution in [0.3, 0.4) is 0 Å². The van der Waals surface area contributed by atoms with Gasteiger partial charge in [-0.2, -0.15) is 0 Å². The van der Waals surface area contributed by atoms with E-state index >= 15 is 0 Å². The molecule has 0 amide bonds. The smallest absolute Gasteiger partial charge is 0.186 e. The summed E-state index contributed by atoms with van der Waals surface area (Å²) >= 11 is 0. The molecule has 0 aromatic carbocycles. The molecule has 0 bridgehead atoms. The van der Waals surface area contributed by atoms with E-state index < -0.39 is 30.7 Å². The second-order valence-corrected chi connectivity index (χ2v) is 4.05. The monoisotopic (exact) mass is 218 g/mol. The van der Waals surface area contributed by atoms with Gasteiger partial charge in [-0.05, 0) is 6.42 Å². The van der Waals surface area contributed by atoms with E-state index in [-0.39, 0.29) is 6.61 Å². The second kappa shape index (κ2) is 4.76. The van der Waals surface area contributed by atoms with Crippen molar-refractivity contribution in [2.24, 2.45) is 0 Å². The van der Waals surface area contributed by atoms with Gasteiger partial charge in [-0.15, -0.1) is 0 Å². The van der Waals surface area contributed by atoms with Crippen molar-refractivity contribution in [3.63, 3.8) is 0 Å². The van der Waals surface area contributed by atoms with Crippen molar-refractivity contribution in [2.45, 2.75) is 50.5 Å². The fourth-order valence-electron chi connectivity index (χ4n) is 1.95. The van der Waals surface area contributed by atoms with E-state index in [0.29, 0.717) is 6.61 Å². The first-order valence-corrected chi connectivity index (χ1v) is 5.49. The lowest BCUT2D eigenvalue weighted by atomic mass is 10.1. The Morgan fingerprint density at radius 3 is 2.80 bits per heavy atom. The fraction of sp³-hybridized carbons (Fsp3) is 1.00. The molecule has 5 nitrogen and oxygen atoms in total. The first-order valence-electron chi connectivity index (χ1n) is 5.49. The number of rotatable bonds is 4. The number of aliphatic hydroxyl groups is 2. The van der Waals surface area contributed by atoms with Crippen LogP contribution >= 0.6 is 0 Å². The summed E-state index contributed by atoms with van der Waals surface area (Å²) in [5, 5.41) is 19.3. The van der Waals surface area contributed by atoms with Gasteiger partial charge < -0.3 is 24.4 Å². The number of ether oxygens (including phenoxy) is 3. The van der Waals surface area contributed by atoms with E-state index in [0.717, 1.165) is 12.8 Å². The van der Waals surface area contributed by atoms with Crippen LogP contribution in [0, 0.1) is 0 Å². The lowest BCUT2D eigenvalue weighted by Gasteiger charge is -2.17. The highest BCUT2D eigenvalue weighted by atomic mass is 16.7. The van der Waals surface area contributed by atoms with Gasteiger partial charge in [0.1, 0.15) is 24.4 Å². The third-order valence-corrected chi connectivity index (χ3v) is 2.85. The average Bonchev–Trinajstić information content (AvgIpc) is 2.72. The molecule has 2 rings (SSSR count). The van der Waals surface area contributed by atoms with E-state index in [1.807, 2.05) is 0 Å². The number of unbranched alkanes of at least 4 members (excludes halogenated alkanes) is 1. The van der Waals surface area contributed by atoms with Gasteiger partial charge in [0.25, 0.3) is 0 Å². The molecule has 0 radical (unpaired) electrons. The van der Waals surface area contributed by atoms with E-state index in [1.54, 1.807) is 0 Å². The maximum Gasteiger partial charge on any atom is 0.186 e. The van der Waals surface area contributed by atoms with Crippen molar-refractivity contribution >= 4 is 0 Å². The molecule has 0 aliphatic carbocycles. The van der Waals surface area contributed by atoms with Gasteiger partial charge in [-0.3, -0.25) is 0 Å². The van der Waals surface area contributed by atoms with E-state index in [9.17, 15) is 10.2 Å². The SMILES string of the molecule is CCCCO[C@@H]1O[C@H]2[C@H](OC[C@H]2O)[C@H]1O. The summed E-state index contributed by atoms with van der Waals surface area (Å²) in [4.78, 5) is 0. The summed E-state index contributed by atoms with van der Waals surface area (Å²) in [6, 6.07) is 0. The predicted molar refractivity (Wildman–Crippen MR) is 51.3 cm³/mol. The second-order valence-electron chi connectivity index (χ2n) is 4.05. The first-order chi connectivity index (χ1) is 7.24. The Morgan fingerprint density at radius 1 is 1.33 bits per heavy atom. The quantitative estimate of drug-likeness (QED) is 0.631. The van der Waals surface area contributed by atoms with E-state index in [1.165, 1.54) is 0 Å². The number of hydrogen-bond acceptors (Lipinski definition) is 5. The van der Waals surface area contributed by atoms with Crippen molar-refractivity contribution in [2.75, 3.05) is 13.2 Å². The van der Waals surface area contributed by atoms with Crippen molar-refractivity contribution in [1.29, 1.82) is 0 Å². The van der Waals surface area contributed by atoms with Gasteiger partial charge in [-0.1, -0.05) is 13.3 Å². The van der Waals surface area contributed by atoms with Crippen LogP contribution in [0.4, 0.5) is 0 Å². The van der Waals surface area contributed by atoms with Gasteiger partial charge in [0.05, 0.1) is 6.61 Å². The molecule has 15 heavy (non-hydrogen) atoms. The van der Waals surface area contributed by atoms with Crippen LogP contribution in [-0.4, -0.2) is 54.1 Å². The predicted octanol–water partition coefficient (Wildman–Crippen LogP) is -0.351. The lowest BCUT2D eigenvalue weighted by Crippen LogP contribution is -2.33. The molecule has 2 aliphatic rings. The Balaban J connectivity index is 1.84. The minimum Gasteiger partial charge on any atom is -0.388 e. The number of aliphatic hydroxyl groups excluding tert-OH is 2. The Labute approximate surface area is 88.9 Å². The largest absolute Gasteiger partial charge is 0.388 e. The van der Waals surface area contributed by atoms with E-state index in [4.69, 9.17) is 14.2 Å². The molecule has 5 atom stereocenters. The normalized spacial score (nSPS) is 44.6. The molecule has 2 N–H and O–H groups in total. The third kappa shape index (κ3) is 2.16. The zero-order chi connectivity index (χ0) is 10.8. The molecule has 0 aromatic heterocycles. The molecular formula is C10H18O5. The Kier molecular flexibility index (Phi) is 3.58. The topological polar surface area (TPSA) is 68.2 Å². The van der Waals surface area contributed by atoms with Gasteiger partial charge in [-0.25, -0.2) is 0 Å². The van der Waals surface area contributed by atoms with Crippen LogP contribution < -0.4 is 0 Å². The summed E-state index contributed by atoms with van der Waals surface area (Å²) in [7, 11) is 0. The maximum absolute atomic E-state index is 9.79. The van der Waals surface area contributed by atoms with Crippen LogP contribution in [-0.2, 0) is 14.2 Å². The average molecular weight is 218 g/mol. The molecule has 5 heteroatoms. The molecule has 0 spiro atoms. The van der Waals surface area contributed by atoms with Gasteiger partial charge >= 0.3 is 0 Å². The highest BCUT2D eigenvalue weighted by Crippen LogP contribution is 2.31. The molecule has 0 aromatic rings. The third-order valence-electron chi connectivity index (χ3n) is 2.85. The summed E-state index contributed by atoms with van der Waals surface area (Å²) in [6.45, 7) is 2.86. The Hall–Kier alpha value is -0.200. The molecule has 2 saturated heterocycles. The number of hydrogen-bond donors (Lipinski definition) is 2. The van der Waals surface area contributed by atoms with E-state index in [2.05, 4.69) is 6.92 Å². The van der Waals surface area contributed by atoms with Gasteiger partial charge in [0, 0.05) is 6.61 Å². The Morgan fingerprint density at radius 2 is 2.13 bits per heavy atom. The maximum atomic E-state index is 9.79. The fourth-order valence-corrected chi connectivity index (χ4v) is 1.95. The molecule has 2 heterocycles. The summed E-state index contributed by atoms with van der Waals surface area (Å²) in [5.41, 5.74) is 0. The van der Waals surface area contributed by atoms with Crippen LogP contribution in [0.1, 0.15) is 19.8 Å². The number of fused-ring (bicyclic) bond motifs is 1. The summed E-state index contributed by atoms with van der Waals surface area (Å²) < 4.78 is 16.0. The first kappa shape index (κ1) is 11.3. The Bertz CT molecular complexity index is 210. The van der Waals surface area contributed by atoms with Crippen LogP contribution in [0.15, 0.2) is 0 Å². The molecule has 2 fully saturated rings. The van der Waals surface area contributed by atoms with Crippen molar-refractivity contribution in [3.8, 4) is 0 Å². The van der Waals surface area contributed by atoms with Crippen molar-refractivity contribution in [3.05, 3.63) is 0 Å². The van der Waals surface area contributed by atoms with Crippen LogP contribution in [0.2, 0.25) is 0 Å². The van der Waals surface area contributed by atoms with Gasteiger partial charge in [0.15, 0.2) is 6.29 Å². The van der Waals surface area contributed by atoms with Crippen LogP contribution in [0.25, 0.3) is 0 Å². The van der Waals surface area contributed by atoms with Crippen LogP contribution in [0.5, 0.6) is 0 Å². The zero-order valence-corrected chi connectivity index (χ0v) is 8.83. The minimum absolute atomic E-state index is 0.230. The molecule has 88 valence electrons. The van der Waals surface area contributed by atoms with Gasteiger partial charge in [0.2, 0.25) is 0 Å². The molecule has 0 unspecified atom stereocenters. The highest BCUT2D eigenvalue weighted by Gasteiger charge is 2.52. The van der Waals surface area contributed by atoms with Crippen molar-refractivity contribution in [1.82, 2.24) is 0 Å². The molecule has 2 aliphatic heterocycles. The standard InChI is InChI=1S/C10H18O5/c1-2-3-4-13-10-7(12)9-8(15-10)6(11)5-14-9/h6-12H,2-5H2,1H3/t6-,7-,8-,9-,10-/m1/s1. The summed E-state index contributed by atoms with van der Waals surface area (Å²) in [5.74, 6) is 0. The highest BCUT2D eigenvalue weighted by molar-refractivity contribution is 4.96. The minimum atomic E-state index is -0.788. The van der Waals surface area contributed by atoms with Crippen molar-refractivity contribution < 1.29 is 24.4 Å². The molecule has 0 saturated carbocycles.